The number of benzene rings is 3. The van der Waals surface area contributed by atoms with E-state index >= 15 is 0 Å². The number of rotatable bonds is 8. The average molecular weight is 554 g/mol. The molecule has 0 spiro atoms. The van der Waals surface area contributed by atoms with Crippen LogP contribution >= 0.6 is 0 Å². The van der Waals surface area contributed by atoms with Crippen LogP contribution in [0, 0.1) is 0 Å². The van der Waals surface area contributed by atoms with E-state index in [9.17, 15) is 36.2 Å². The largest absolute Gasteiger partial charge is 0.497 e. The van der Waals surface area contributed by atoms with Gasteiger partial charge >= 0.3 is 18.4 Å². The van der Waals surface area contributed by atoms with Crippen LogP contribution in [0.5, 0.6) is 5.75 Å². The smallest absolute Gasteiger partial charge is 0.416 e. The second-order valence-electron chi connectivity index (χ2n) is 9.02. The molecule has 2 atom stereocenters. The van der Waals surface area contributed by atoms with Crippen LogP contribution in [0.15, 0.2) is 72.8 Å². The summed E-state index contributed by atoms with van der Waals surface area (Å²) in [7, 11) is 1.50. The Bertz CT molecular complexity index is 1270. The molecule has 3 aromatic rings. The van der Waals surface area contributed by atoms with Gasteiger partial charge in [-0.15, -0.1) is 0 Å². The summed E-state index contributed by atoms with van der Waals surface area (Å²) in [4.78, 5) is 14.1. The molecule has 0 aliphatic carbocycles. The van der Waals surface area contributed by atoms with Crippen molar-refractivity contribution in [2.45, 2.75) is 37.3 Å². The van der Waals surface area contributed by atoms with E-state index in [0.29, 0.717) is 29.0 Å². The van der Waals surface area contributed by atoms with Crippen molar-refractivity contribution >= 4 is 6.03 Å². The topological polar surface area (TPSA) is 71.0 Å². The SMILES string of the molecule is COc1ccc(CN2C(=O)N[C@](COCc3cc(C(F)(F)F)cc(C(F)(F)F)c3)(c3ccccc3)[C@@H]2O)cc1. The highest BCUT2D eigenvalue weighted by molar-refractivity contribution is 5.79. The van der Waals surface area contributed by atoms with Gasteiger partial charge in [0.25, 0.3) is 0 Å². The average Bonchev–Trinajstić information content (AvgIpc) is 3.13. The molecule has 2 N–H and O–H groups in total. The quantitative estimate of drug-likeness (QED) is 0.351. The van der Waals surface area contributed by atoms with Crippen LogP contribution in [-0.2, 0) is 35.8 Å². The first-order chi connectivity index (χ1) is 18.3. The molecule has 1 saturated heterocycles. The summed E-state index contributed by atoms with van der Waals surface area (Å²) < 4.78 is 90.2. The Balaban J connectivity index is 1.59. The van der Waals surface area contributed by atoms with Crippen LogP contribution < -0.4 is 10.1 Å². The standard InChI is InChI=1S/C27H24F6N2O4/c1-38-22-9-7-17(8-10-22)14-35-23(36)25(34-24(35)37,19-5-3-2-4-6-19)16-39-15-18-11-20(26(28,29)30)13-21(12-18)27(31,32)33/h2-13,23,36H,14-16H2,1H3,(H,34,37)/t23-,25+/m0/s1. The zero-order chi connectivity index (χ0) is 28.4. The second-order valence-corrected chi connectivity index (χ2v) is 9.02. The molecule has 208 valence electrons. The number of methoxy groups -OCH3 is 1. The summed E-state index contributed by atoms with van der Waals surface area (Å²) in [5, 5.41) is 14.0. The van der Waals surface area contributed by atoms with Crippen LogP contribution in [-0.4, -0.2) is 36.0 Å². The fourth-order valence-corrected chi connectivity index (χ4v) is 4.37. The molecule has 0 aromatic heterocycles. The number of hydrogen-bond donors (Lipinski definition) is 2. The highest BCUT2D eigenvalue weighted by atomic mass is 19.4. The molecule has 0 unspecified atom stereocenters. The fourth-order valence-electron chi connectivity index (χ4n) is 4.37. The van der Waals surface area contributed by atoms with E-state index in [0.717, 1.165) is 4.90 Å². The number of hydrogen-bond acceptors (Lipinski definition) is 4. The van der Waals surface area contributed by atoms with E-state index in [1.807, 2.05) is 0 Å². The predicted molar refractivity (Wildman–Crippen MR) is 127 cm³/mol. The zero-order valence-electron chi connectivity index (χ0n) is 20.5. The number of urea groups is 1. The molecule has 39 heavy (non-hydrogen) atoms. The number of carbonyl (C=O) groups excluding carboxylic acids is 1. The first kappa shape index (κ1) is 28.2. The van der Waals surface area contributed by atoms with Gasteiger partial charge in [0.05, 0.1) is 38.0 Å². The minimum absolute atomic E-state index is 0.00808. The minimum Gasteiger partial charge on any atom is -0.497 e. The molecule has 1 fully saturated rings. The Morgan fingerprint density at radius 2 is 1.49 bits per heavy atom. The minimum atomic E-state index is -5.00. The van der Waals surface area contributed by atoms with Crippen LogP contribution in [0.2, 0.25) is 0 Å². The summed E-state index contributed by atoms with van der Waals surface area (Å²) in [6.45, 7) is -1.07. The van der Waals surface area contributed by atoms with Crippen molar-refractivity contribution in [1.29, 1.82) is 0 Å². The number of nitrogens with one attached hydrogen (secondary N) is 1. The van der Waals surface area contributed by atoms with Crippen molar-refractivity contribution < 1.29 is 45.7 Å². The van der Waals surface area contributed by atoms with Crippen LogP contribution in [0.4, 0.5) is 31.1 Å². The molecule has 6 nitrogen and oxygen atoms in total. The molecular weight excluding hydrogens is 530 g/mol. The van der Waals surface area contributed by atoms with Gasteiger partial charge in [-0.25, -0.2) is 4.79 Å². The third-order valence-corrected chi connectivity index (χ3v) is 6.37. The Morgan fingerprint density at radius 1 is 0.897 bits per heavy atom. The Hall–Kier alpha value is -3.77. The maximum Gasteiger partial charge on any atom is 0.416 e. The highest BCUT2D eigenvalue weighted by Gasteiger charge is 2.52. The third kappa shape index (κ3) is 6.12. The molecule has 0 saturated carbocycles. The fraction of sp³-hybridized carbons (Fsp3) is 0.296. The van der Waals surface area contributed by atoms with Gasteiger partial charge in [0.1, 0.15) is 11.3 Å². The normalized spacial score (nSPS) is 19.7. The lowest BCUT2D eigenvalue weighted by Crippen LogP contribution is -2.50. The van der Waals surface area contributed by atoms with Crippen molar-refractivity contribution in [2.75, 3.05) is 13.7 Å². The molecule has 1 heterocycles. The lowest BCUT2D eigenvalue weighted by atomic mass is 9.89. The summed E-state index contributed by atoms with van der Waals surface area (Å²) in [6.07, 6.45) is -11.5. The van der Waals surface area contributed by atoms with Gasteiger partial charge < -0.3 is 19.9 Å². The van der Waals surface area contributed by atoms with Crippen molar-refractivity contribution in [3.05, 3.63) is 101 Å². The Morgan fingerprint density at radius 3 is 2.03 bits per heavy atom. The van der Waals surface area contributed by atoms with E-state index in [2.05, 4.69) is 5.32 Å². The lowest BCUT2D eigenvalue weighted by molar-refractivity contribution is -0.143. The summed E-state index contributed by atoms with van der Waals surface area (Å²) in [5.41, 5.74) is -3.74. The highest BCUT2D eigenvalue weighted by Crippen LogP contribution is 2.38. The predicted octanol–water partition coefficient (Wildman–Crippen LogP) is 5.69. The van der Waals surface area contributed by atoms with Gasteiger partial charge in [0.2, 0.25) is 0 Å². The molecule has 2 amide bonds. The van der Waals surface area contributed by atoms with Crippen LogP contribution in [0.25, 0.3) is 0 Å². The summed E-state index contributed by atoms with van der Waals surface area (Å²) in [5.74, 6) is 0.598. The first-order valence-electron chi connectivity index (χ1n) is 11.6. The number of aliphatic hydroxyl groups excluding tert-OH is 1. The number of carbonyl (C=O) groups is 1. The Kier molecular flexibility index (Phi) is 7.80. The van der Waals surface area contributed by atoms with Gasteiger partial charge in [0.15, 0.2) is 6.23 Å². The van der Waals surface area contributed by atoms with Crippen molar-refractivity contribution in [2.24, 2.45) is 0 Å². The van der Waals surface area contributed by atoms with E-state index in [-0.39, 0.29) is 18.2 Å². The second kappa shape index (κ2) is 10.8. The van der Waals surface area contributed by atoms with Gasteiger partial charge in [-0.1, -0.05) is 42.5 Å². The lowest BCUT2D eigenvalue weighted by Gasteiger charge is -2.33. The van der Waals surface area contributed by atoms with E-state index < -0.39 is 54.5 Å². The number of ether oxygens (including phenoxy) is 2. The number of aliphatic hydroxyl groups is 1. The van der Waals surface area contributed by atoms with Crippen molar-refractivity contribution in [3.8, 4) is 5.75 Å². The number of halogens is 6. The molecule has 0 radical (unpaired) electrons. The number of amides is 2. The maximum absolute atomic E-state index is 13.2. The monoisotopic (exact) mass is 554 g/mol. The van der Waals surface area contributed by atoms with Crippen LogP contribution in [0.3, 0.4) is 0 Å². The molecule has 12 heteroatoms. The maximum atomic E-state index is 13.2. The molecular formula is C27H24F6N2O4. The molecule has 3 aromatic carbocycles. The molecule has 4 rings (SSSR count). The van der Waals surface area contributed by atoms with Gasteiger partial charge in [-0.2, -0.15) is 26.3 Å². The van der Waals surface area contributed by atoms with E-state index in [1.165, 1.54) is 7.11 Å². The van der Waals surface area contributed by atoms with E-state index in [1.54, 1.807) is 54.6 Å². The molecule has 1 aliphatic heterocycles. The molecule has 1 aliphatic rings. The number of nitrogens with zero attached hydrogens (tertiary/aromatic N) is 1. The van der Waals surface area contributed by atoms with Gasteiger partial charge in [-0.3, -0.25) is 4.90 Å². The van der Waals surface area contributed by atoms with Crippen LogP contribution in [0.1, 0.15) is 27.8 Å². The van der Waals surface area contributed by atoms with Crippen molar-refractivity contribution in [3.63, 3.8) is 0 Å². The molecule has 0 bridgehead atoms. The third-order valence-electron chi connectivity index (χ3n) is 6.37. The van der Waals surface area contributed by atoms with E-state index in [4.69, 9.17) is 9.47 Å². The summed E-state index contributed by atoms with van der Waals surface area (Å²) in [6, 6.07) is 15.6. The zero-order valence-corrected chi connectivity index (χ0v) is 20.5. The van der Waals surface area contributed by atoms with Crippen molar-refractivity contribution in [1.82, 2.24) is 10.2 Å². The van der Waals surface area contributed by atoms with Gasteiger partial charge in [0, 0.05) is 0 Å². The van der Waals surface area contributed by atoms with Gasteiger partial charge in [-0.05, 0) is 47.0 Å². The first-order valence-corrected chi connectivity index (χ1v) is 11.6. The number of alkyl halides is 6. The summed E-state index contributed by atoms with van der Waals surface area (Å²) >= 11 is 0. The Labute approximate surface area is 219 Å².